The molecule has 0 spiro atoms. The number of para-hydroxylation sites is 1. The van der Waals surface area contributed by atoms with Crippen LogP contribution in [0.15, 0.2) is 42.6 Å². The number of amides is 2. The number of nitrogens with zero attached hydrogens (tertiary/aromatic N) is 1. The lowest BCUT2D eigenvalue weighted by molar-refractivity contribution is 0.213. The quantitative estimate of drug-likeness (QED) is 0.884. The minimum Gasteiger partial charge on any atom is -0.488 e. The second kappa shape index (κ2) is 7.00. The fraction of sp³-hybridized carbons (Fsp3) is 0.294. The highest BCUT2D eigenvalue weighted by Crippen LogP contribution is 2.27. The number of nitrogens with one attached hydrogen (secondary N) is 2. The van der Waals surface area contributed by atoms with Gasteiger partial charge in [-0.05, 0) is 17.7 Å². The monoisotopic (exact) mass is 313 g/mol. The van der Waals surface area contributed by atoms with E-state index in [-0.39, 0.29) is 12.1 Å². The lowest BCUT2D eigenvalue weighted by Gasteiger charge is -2.13. The third kappa shape index (κ3) is 3.71. The smallest absolute Gasteiger partial charge is 0.315 e. The Morgan fingerprint density at radius 3 is 3.00 bits per heavy atom. The minimum absolute atomic E-state index is 0.0221. The molecule has 3 rings (SSSR count). The summed E-state index contributed by atoms with van der Waals surface area (Å²) in [6.45, 7) is 0.819. The molecule has 0 radical (unpaired) electrons. The van der Waals surface area contributed by atoms with Gasteiger partial charge in [-0.3, -0.25) is 0 Å². The molecular formula is C17H19N3O3. The molecule has 1 aliphatic rings. The standard InChI is InChI=1S/C17H19N3O3/c1-22-16-13(6-4-8-18-16)10-19-17(21)20-11-14-9-12-5-2-3-7-15(12)23-14/h2-8,14H,9-11H2,1H3,(H2,19,20,21)/t14-/m1/s1. The number of ether oxygens (including phenoxy) is 2. The van der Waals surface area contributed by atoms with Gasteiger partial charge in [-0.2, -0.15) is 0 Å². The molecule has 0 bridgehead atoms. The number of urea groups is 1. The van der Waals surface area contributed by atoms with Gasteiger partial charge in [-0.15, -0.1) is 0 Å². The van der Waals surface area contributed by atoms with Gasteiger partial charge in [0.1, 0.15) is 11.9 Å². The van der Waals surface area contributed by atoms with Crippen LogP contribution in [0.3, 0.4) is 0 Å². The van der Waals surface area contributed by atoms with Crippen LogP contribution in [0.25, 0.3) is 0 Å². The molecule has 2 N–H and O–H groups in total. The second-order valence-electron chi connectivity index (χ2n) is 5.29. The van der Waals surface area contributed by atoms with Crippen molar-refractivity contribution in [2.45, 2.75) is 19.1 Å². The fourth-order valence-electron chi connectivity index (χ4n) is 2.55. The van der Waals surface area contributed by atoms with Crippen LogP contribution in [0.2, 0.25) is 0 Å². The first-order valence-corrected chi connectivity index (χ1v) is 7.50. The Bertz CT molecular complexity index is 665. The molecule has 6 nitrogen and oxygen atoms in total. The van der Waals surface area contributed by atoms with E-state index in [1.807, 2.05) is 30.3 Å². The van der Waals surface area contributed by atoms with Crippen molar-refractivity contribution in [3.63, 3.8) is 0 Å². The third-order valence-corrected chi connectivity index (χ3v) is 3.69. The Balaban J connectivity index is 1.44. The minimum atomic E-state index is -0.240. The fourth-order valence-corrected chi connectivity index (χ4v) is 2.55. The highest BCUT2D eigenvalue weighted by molar-refractivity contribution is 5.73. The zero-order valence-electron chi connectivity index (χ0n) is 12.9. The van der Waals surface area contributed by atoms with Gasteiger partial charge in [0.15, 0.2) is 0 Å². The van der Waals surface area contributed by atoms with Gasteiger partial charge in [0.2, 0.25) is 5.88 Å². The van der Waals surface area contributed by atoms with Gasteiger partial charge < -0.3 is 20.1 Å². The molecule has 0 aliphatic carbocycles. The summed E-state index contributed by atoms with van der Waals surface area (Å²) in [6, 6.07) is 11.4. The molecule has 0 fully saturated rings. The maximum absolute atomic E-state index is 11.9. The molecule has 6 heteroatoms. The van der Waals surface area contributed by atoms with Crippen molar-refractivity contribution in [1.29, 1.82) is 0 Å². The van der Waals surface area contributed by atoms with E-state index in [0.717, 1.165) is 17.7 Å². The van der Waals surface area contributed by atoms with E-state index < -0.39 is 0 Å². The normalized spacial score (nSPS) is 15.4. The van der Waals surface area contributed by atoms with Gasteiger partial charge in [-0.1, -0.05) is 24.3 Å². The number of carbonyl (C=O) groups excluding carboxylic acids is 1. The third-order valence-electron chi connectivity index (χ3n) is 3.69. The number of pyridine rings is 1. The number of rotatable bonds is 5. The molecule has 120 valence electrons. The number of aromatic nitrogens is 1. The molecule has 2 amide bonds. The maximum Gasteiger partial charge on any atom is 0.315 e. The first-order chi connectivity index (χ1) is 11.3. The molecule has 1 aromatic heterocycles. The number of carbonyl (C=O) groups is 1. The second-order valence-corrected chi connectivity index (χ2v) is 5.29. The average molecular weight is 313 g/mol. The van der Waals surface area contributed by atoms with E-state index in [9.17, 15) is 4.79 Å². The summed E-state index contributed by atoms with van der Waals surface area (Å²) in [4.78, 5) is 16.0. The van der Waals surface area contributed by atoms with Gasteiger partial charge in [-0.25, -0.2) is 9.78 Å². The summed E-state index contributed by atoms with van der Waals surface area (Å²) in [5.41, 5.74) is 2.01. The van der Waals surface area contributed by atoms with Crippen LogP contribution in [0, 0.1) is 0 Å². The highest BCUT2D eigenvalue weighted by Gasteiger charge is 2.22. The van der Waals surface area contributed by atoms with Crippen molar-refractivity contribution in [3.05, 3.63) is 53.7 Å². The van der Waals surface area contributed by atoms with Crippen molar-refractivity contribution in [1.82, 2.24) is 15.6 Å². The summed E-state index contributed by atoms with van der Waals surface area (Å²) < 4.78 is 10.9. The molecule has 23 heavy (non-hydrogen) atoms. The Morgan fingerprint density at radius 1 is 1.30 bits per heavy atom. The van der Waals surface area contributed by atoms with Crippen molar-refractivity contribution in [2.75, 3.05) is 13.7 Å². The van der Waals surface area contributed by atoms with Crippen LogP contribution in [0.5, 0.6) is 11.6 Å². The average Bonchev–Trinajstić information content (AvgIpc) is 3.01. The zero-order chi connectivity index (χ0) is 16.1. The van der Waals surface area contributed by atoms with E-state index >= 15 is 0 Å². The van der Waals surface area contributed by atoms with E-state index in [1.54, 1.807) is 19.4 Å². The Morgan fingerprint density at radius 2 is 2.17 bits per heavy atom. The number of hydrogen-bond donors (Lipinski definition) is 2. The lowest BCUT2D eigenvalue weighted by Crippen LogP contribution is -2.40. The maximum atomic E-state index is 11.9. The van der Waals surface area contributed by atoms with E-state index in [2.05, 4.69) is 15.6 Å². The summed E-state index contributed by atoms with van der Waals surface area (Å²) >= 11 is 0. The van der Waals surface area contributed by atoms with E-state index in [0.29, 0.717) is 19.0 Å². The molecule has 0 saturated heterocycles. The van der Waals surface area contributed by atoms with Crippen molar-refractivity contribution in [2.24, 2.45) is 0 Å². The molecule has 0 saturated carbocycles. The first kappa shape index (κ1) is 15.1. The van der Waals surface area contributed by atoms with Gasteiger partial charge in [0, 0.05) is 24.7 Å². The Labute approximate surface area is 134 Å². The van der Waals surface area contributed by atoms with Crippen LogP contribution in [0.4, 0.5) is 4.79 Å². The van der Waals surface area contributed by atoms with Crippen LogP contribution in [0.1, 0.15) is 11.1 Å². The largest absolute Gasteiger partial charge is 0.488 e. The van der Waals surface area contributed by atoms with Crippen molar-refractivity contribution in [3.8, 4) is 11.6 Å². The molecule has 0 unspecified atom stereocenters. The summed E-state index contributed by atoms with van der Waals surface area (Å²) in [6.07, 6.45) is 2.44. The number of methoxy groups -OCH3 is 1. The molecule has 1 aliphatic heterocycles. The number of benzene rings is 1. The van der Waals surface area contributed by atoms with E-state index in [1.165, 1.54) is 5.56 Å². The lowest BCUT2D eigenvalue weighted by atomic mass is 10.1. The van der Waals surface area contributed by atoms with Crippen LogP contribution >= 0.6 is 0 Å². The molecule has 2 heterocycles. The predicted octanol–water partition coefficient (Wildman–Crippen LogP) is 1.89. The first-order valence-electron chi connectivity index (χ1n) is 7.50. The molecule has 2 aromatic rings. The number of fused-ring (bicyclic) bond motifs is 1. The zero-order valence-corrected chi connectivity index (χ0v) is 12.9. The van der Waals surface area contributed by atoms with Crippen LogP contribution in [-0.4, -0.2) is 30.8 Å². The predicted molar refractivity (Wildman–Crippen MR) is 85.6 cm³/mol. The van der Waals surface area contributed by atoms with Crippen LogP contribution in [-0.2, 0) is 13.0 Å². The highest BCUT2D eigenvalue weighted by atomic mass is 16.5. The van der Waals surface area contributed by atoms with Gasteiger partial charge >= 0.3 is 6.03 Å². The summed E-state index contributed by atoms with van der Waals surface area (Å²) in [5, 5.41) is 5.62. The SMILES string of the molecule is COc1ncccc1CNC(=O)NC[C@H]1Cc2ccccc2O1. The topological polar surface area (TPSA) is 72.5 Å². The van der Waals surface area contributed by atoms with Gasteiger partial charge in [0.05, 0.1) is 13.7 Å². The molecule has 1 atom stereocenters. The van der Waals surface area contributed by atoms with E-state index in [4.69, 9.17) is 9.47 Å². The van der Waals surface area contributed by atoms with Crippen LogP contribution < -0.4 is 20.1 Å². The molecular weight excluding hydrogens is 294 g/mol. The summed E-state index contributed by atoms with van der Waals surface area (Å²) in [7, 11) is 1.56. The van der Waals surface area contributed by atoms with Crippen molar-refractivity contribution >= 4 is 6.03 Å². The van der Waals surface area contributed by atoms with Gasteiger partial charge in [0.25, 0.3) is 0 Å². The Kier molecular flexibility index (Phi) is 4.61. The molecule has 1 aromatic carbocycles. The van der Waals surface area contributed by atoms with Crippen molar-refractivity contribution < 1.29 is 14.3 Å². The number of hydrogen-bond acceptors (Lipinski definition) is 4. The summed E-state index contributed by atoms with van der Waals surface area (Å²) in [5.74, 6) is 1.42. The Hall–Kier alpha value is -2.76.